The second kappa shape index (κ2) is 8.06. The molecule has 0 aliphatic rings. The van der Waals surface area contributed by atoms with Crippen LogP contribution in [0.5, 0.6) is 0 Å². The number of carbonyl (C=O) groups excluding carboxylic acids is 2. The molecule has 0 fully saturated rings. The monoisotopic (exact) mass is 243 g/mol. The fourth-order valence-electron chi connectivity index (χ4n) is 1.67. The SMILES string of the molecule is CCCC(N)C(=O)N(C)CC(=O)N(CC)CC. The molecule has 0 saturated heterocycles. The molecule has 0 rings (SSSR count). The van der Waals surface area contributed by atoms with Crippen molar-refractivity contribution in [2.75, 3.05) is 26.7 Å². The van der Waals surface area contributed by atoms with Gasteiger partial charge in [0.25, 0.3) is 0 Å². The van der Waals surface area contributed by atoms with Gasteiger partial charge in [-0.25, -0.2) is 0 Å². The van der Waals surface area contributed by atoms with E-state index in [9.17, 15) is 9.59 Å². The van der Waals surface area contributed by atoms with E-state index in [4.69, 9.17) is 5.73 Å². The molecule has 0 bridgehead atoms. The summed E-state index contributed by atoms with van der Waals surface area (Å²) in [5.41, 5.74) is 5.73. The van der Waals surface area contributed by atoms with Crippen LogP contribution in [0, 0.1) is 0 Å². The minimum Gasteiger partial charge on any atom is -0.342 e. The predicted molar refractivity (Wildman–Crippen MR) is 68.4 cm³/mol. The number of rotatable bonds is 7. The van der Waals surface area contributed by atoms with Crippen LogP contribution in [0.1, 0.15) is 33.6 Å². The molecule has 5 heteroatoms. The number of likely N-dealkylation sites (N-methyl/N-ethyl adjacent to an activating group) is 2. The van der Waals surface area contributed by atoms with Crippen molar-refractivity contribution >= 4 is 11.8 Å². The van der Waals surface area contributed by atoms with Gasteiger partial charge in [0.1, 0.15) is 0 Å². The Morgan fingerprint density at radius 1 is 1.18 bits per heavy atom. The molecule has 2 N–H and O–H groups in total. The van der Waals surface area contributed by atoms with Crippen LogP contribution in [-0.4, -0.2) is 54.3 Å². The Hall–Kier alpha value is -1.10. The topological polar surface area (TPSA) is 66.6 Å². The smallest absolute Gasteiger partial charge is 0.242 e. The van der Waals surface area contributed by atoms with Crippen LogP contribution in [0.2, 0.25) is 0 Å². The molecule has 2 amide bonds. The van der Waals surface area contributed by atoms with Crippen LogP contribution in [0.25, 0.3) is 0 Å². The van der Waals surface area contributed by atoms with Crippen molar-refractivity contribution in [3.05, 3.63) is 0 Å². The third kappa shape index (κ3) is 5.17. The van der Waals surface area contributed by atoms with Crippen LogP contribution in [0.3, 0.4) is 0 Å². The second-order valence-corrected chi connectivity index (χ2v) is 4.16. The predicted octanol–water partition coefficient (Wildman–Crippen LogP) is 0.441. The molecule has 0 aliphatic heterocycles. The number of nitrogens with zero attached hydrogens (tertiary/aromatic N) is 2. The van der Waals surface area contributed by atoms with Gasteiger partial charge in [-0.15, -0.1) is 0 Å². The Morgan fingerprint density at radius 3 is 2.12 bits per heavy atom. The third-order valence-corrected chi connectivity index (χ3v) is 2.78. The van der Waals surface area contributed by atoms with Gasteiger partial charge in [-0.2, -0.15) is 0 Å². The van der Waals surface area contributed by atoms with E-state index in [0.29, 0.717) is 19.5 Å². The maximum Gasteiger partial charge on any atom is 0.242 e. The molecule has 1 unspecified atom stereocenters. The summed E-state index contributed by atoms with van der Waals surface area (Å²) < 4.78 is 0. The molecule has 100 valence electrons. The summed E-state index contributed by atoms with van der Waals surface area (Å²) in [5.74, 6) is -0.193. The zero-order valence-electron chi connectivity index (χ0n) is 11.4. The van der Waals surface area contributed by atoms with Crippen LogP contribution in [-0.2, 0) is 9.59 Å². The first-order chi connectivity index (χ1) is 7.97. The lowest BCUT2D eigenvalue weighted by atomic mass is 10.1. The van der Waals surface area contributed by atoms with Gasteiger partial charge in [0.15, 0.2) is 0 Å². The summed E-state index contributed by atoms with van der Waals surface area (Å²) in [5, 5.41) is 0. The summed E-state index contributed by atoms with van der Waals surface area (Å²) in [4.78, 5) is 26.7. The zero-order valence-corrected chi connectivity index (χ0v) is 11.4. The lowest BCUT2D eigenvalue weighted by molar-refractivity contribution is -0.139. The van der Waals surface area contributed by atoms with Crippen LogP contribution in [0.4, 0.5) is 0 Å². The van der Waals surface area contributed by atoms with Crippen molar-refractivity contribution in [3.8, 4) is 0 Å². The van der Waals surface area contributed by atoms with E-state index < -0.39 is 6.04 Å². The summed E-state index contributed by atoms with van der Waals surface area (Å²) in [6.07, 6.45) is 1.52. The quantitative estimate of drug-likeness (QED) is 0.705. The van der Waals surface area contributed by atoms with E-state index in [-0.39, 0.29) is 18.4 Å². The van der Waals surface area contributed by atoms with E-state index in [0.717, 1.165) is 6.42 Å². The van der Waals surface area contributed by atoms with Gasteiger partial charge in [-0.3, -0.25) is 9.59 Å². The van der Waals surface area contributed by atoms with Crippen molar-refractivity contribution in [2.45, 2.75) is 39.7 Å². The Bertz CT molecular complexity index is 252. The molecule has 1 atom stereocenters. The van der Waals surface area contributed by atoms with Gasteiger partial charge >= 0.3 is 0 Å². The van der Waals surface area contributed by atoms with E-state index in [1.165, 1.54) is 4.90 Å². The van der Waals surface area contributed by atoms with Gasteiger partial charge in [0, 0.05) is 20.1 Å². The van der Waals surface area contributed by atoms with E-state index >= 15 is 0 Å². The molecular weight excluding hydrogens is 218 g/mol. The zero-order chi connectivity index (χ0) is 13.4. The molecule has 0 saturated carbocycles. The third-order valence-electron chi connectivity index (χ3n) is 2.78. The number of carbonyl (C=O) groups is 2. The van der Waals surface area contributed by atoms with Crippen molar-refractivity contribution in [2.24, 2.45) is 5.73 Å². The average Bonchev–Trinajstić information content (AvgIpc) is 2.29. The van der Waals surface area contributed by atoms with Crippen molar-refractivity contribution in [1.82, 2.24) is 9.80 Å². The molecule has 0 aromatic heterocycles. The largest absolute Gasteiger partial charge is 0.342 e. The highest BCUT2D eigenvalue weighted by molar-refractivity contribution is 5.87. The van der Waals surface area contributed by atoms with Gasteiger partial charge in [-0.1, -0.05) is 13.3 Å². The van der Waals surface area contributed by atoms with Gasteiger partial charge in [0.2, 0.25) is 11.8 Å². The Morgan fingerprint density at radius 2 is 1.71 bits per heavy atom. The Labute approximate surface area is 104 Å². The molecule has 0 spiro atoms. The lowest BCUT2D eigenvalue weighted by Gasteiger charge is -2.24. The maximum absolute atomic E-state index is 11.8. The Kier molecular flexibility index (Phi) is 7.54. The summed E-state index contributed by atoms with van der Waals surface area (Å²) in [7, 11) is 1.62. The van der Waals surface area contributed by atoms with E-state index in [2.05, 4.69) is 0 Å². The second-order valence-electron chi connectivity index (χ2n) is 4.16. The highest BCUT2D eigenvalue weighted by Crippen LogP contribution is 1.99. The Balaban J connectivity index is 4.28. The number of hydrogen-bond acceptors (Lipinski definition) is 3. The van der Waals surface area contributed by atoms with Gasteiger partial charge in [0.05, 0.1) is 12.6 Å². The molecule has 17 heavy (non-hydrogen) atoms. The average molecular weight is 243 g/mol. The number of hydrogen-bond donors (Lipinski definition) is 1. The van der Waals surface area contributed by atoms with Crippen LogP contribution < -0.4 is 5.73 Å². The first kappa shape index (κ1) is 15.9. The molecule has 0 radical (unpaired) electrons. The fourth-order valence-corrected chi connectivity index (χ4v) is 1.67. The van der Waals surface area contributed by atoms with Crippen molar-refractivity contribution in [3.63, 3.8) is 0 Å². The lowest BCUT2D eigenvalue weighted by Crippen LogP contribution is -2.46. The van der Waals surface area contributed by atoms with Gasteiger partial charge in [-0.05, 0) is 20.3 Å². The molecule has 0 heterocycles. The minimum atomic E-state index is -0.491. The first-order valence-electron chi connectivity index (χ1n) is 6.26. The number of amides is 2. The molecule has 0 aromatic rings. The highest BCUT2D eigenvalue weighted by Gasteiger charge is 2.20. The normalized spacial score (nSPS) is 12.1. The first-order valence-corrected chi connectivity index (χ1v) is 6.26. The van der Waals surface area contributed by atoms with Crippen molar-refractivity contribution in [1.29, 1.82) is 0 Å². The summed E-state index contributed by atoms with van der Waals surface area (Å²) in [6.45, 7) is 7.26. The molecule has 5 nitrogen and oxygen atoms in total. The number of nitrogens with two attached hydrogens (primary N) is 1. The van der Waals surface area contributed by atoms with Crippen LogP contribution in [0.15, 0.2) is 0 Å². The summed E-state index contributed by atoms with van der Waals surface area (Å²) >= 11 is 0. The standard InChI is InChI=1S/C12H25N3O2/c1-5-8-10(13)12(17)14(4)9-11(16)15(6-2)7-3/h10H,5-9,13H2,1-4H3. The van der Waals surface area contributed by atoms with Crippen molar-refractivity contribution < 1.29 is 9.59 Å². The molecule has 0 aromatic carbocycles. The summed E-state index contributed by atoms with van der Waals surface area (Å²) in [6, 6.07) is -0.491. The van der Waals surface area contributed by atoms with Crippen LogP contribution >= 0.6 is 0 Å². The fraction of sp³-hybridized carbons (Fsp3) is 0.833. The van der Waals surface area contributed by atoms with E-state index in [1.54, 1.807) is 11.9 Å². The molecule has 0 aliphatic carbocycles. The minimum absolute atomic E-state index is 0.0328. The highest BCUT2D eigenvalue weighted by atomic mass is 16.2. The van der Waals surface area contributed by atoms with E-state index in [1.807, 2.05) is 20.8 Å². The molecular formula is C12H25N3O2. The maximum atomic E-state index is 11.8. The van der Waals surface area contributed by atoms with Gasteiger partial charge < -0.3 is 15.5 Å².